The van der Waals surface area contributed by atoms with Gasteiger partial charge >= 0.3 is 0 Å². The summed E-state index contributed by atoms with van der Waals surface area (Å²) in [7, 11) is 0. The molecule has 0 saturated heterocycles. The first-order valence-corrected chi connectivity index (χ1v) is 15.9. The minimum atomic E-state index is -0.0738. The van der Waals surface area contributed by atoms with Gasteiger partial charge in [-0.1, -0.05) is 145 Å². The van der Waals surface area contributed by atoms with Crippen LogP contribution in [0.5, 0.6) is 0 Å². The maximum atomic E-state index is 10.2. The van der Waals surface area contributed by atoms with Gasteiger partial charge in [-0.2, -0.15) is 0 Å². The van der Waals surface area contributed by atoms with Crippen LogP contribution in [0, 0.1) is 0 Å². The van der Waals surface area contributed by atoms with E-state index in [-0.39, 0.29) is 6.10 Å². The zero-order valence-corrected chi connectivity index (χ0v) is 24.8. The molecule has 212 valence electrons. The molecule has 0 aromatic rings. The highest BCUT2D eigenvalue weighted by Crippen LogP contribution is 2.14. The molecular formula is C36H62O. The van der Waals surface area contributed by atoms with Crippen LogP contribution >= 0.6 is 0 Å². The standard InChI is InChI=1S/C36H62O/c1-3-5-7-9-11-13-15-17-19-21-23-25-27-29-31-33-35-36(37)34-32-30-28-26-24-22-20-18-16-14-12-10-8-6-4-2/h5-8,11-14,17-20,36-37H,3-4,9-10,15-16,21-35H2,1-2H3/b7-5-,8-6-,13-11-,14-12-,19-17-,20-18-. The molecule has 0 aromatic carbocycles. The summed E-state index contributed by atoms with van der Waals surface area (Å²) >= 11 is 0. The van der Waals surface area contributed by atoms with Crippen LogP contribution in [0.3, 0.4) is 0 Å². The number of aliphatic hydroxyl groups is 1. The van der Waals surface area contributed by atoms with Gasteiger partial charge in [0.2, 0.25) is 0 Å². The molecule has 0 saturated carbocycles. The second-order valence-electron chi connectivity index (χ2n) is 10.3. The van der Waals surface area contributed by atoms with Gasteiger partial charge in [-0.3, -0.25) is 0 Å². The van der Waals surface area contributed by atoms with Crippen LogP contribution in [0.4, 0.5) is 0 Å². The fourth-order valence-corrected chi connectivity index (χ4v) is 4.32. The Hall–Kier alpha value is -1.60. The van der Waals surface area contributed by atoms with Crippen LogP contribution in [0.2, 0.25) is 0 Å². The van der Waals surface area contributed by atoms with Crippen molar-refractivity contribution >= 4 is 0 Å². The molecule has 0 radical (unpaired) electrons. The predicted octanol–water partition coefficient (Wildman–Crippen LogP) is 11.9. The lowest BCUT2D eigenvalue weighted by Gasteiger charge is -2.10. The predicted molar refractivity (Wildman–Crippen MR) is 169 cm³/mol. The summed E-state index contributed by atoms with van der Waals surface area (Å²) in [5, 5.41) is 10.2. The fraction of sp³-hybridized carbons (Fsp3) is 0.667. The van der Waals surface area contributed by atoms with Gasteiger partial charge in [0.25, 0.3) is 0 Å². The van der Waals surface area contributed by atoms with E-state index in [0.717, 1.165) is 51.4 Å². The van der Waals surface area contributed by atoms with Crippen LogP contribution in [-0.2, 0) is 0 Å². The normalized spacial score (nSPS) is 13.7. The molecule has 1 unspecified atom stereocenters. The van der Waals surface area contributed by atoms with Crippen molar-refractivity contribution in [3.8, 4) is 0 Å². The summed E-state index contributed by atoms with van der Waals surface area (Å²) in [6, 6.07) is 0. The Bertz CT molecular complexity index is 604. The van der Waals surface area contributed by atoms with E-state index in [4.69, 9.17) is 0 Å². The Labute approximate surface area is 232 Å². The molecule has 0 aromatic heterocycles. The first-order chi connectivity index (χ1) is 18.3. The monoisotopic (exact) mass is 510 g/mol. The number of allylic oxidation sites excluding steroid dienone is 12. The Balaban J connectivity index is 3.33. The first-order valence-electron chi connectivity index (χ1n) is 15.9. The van der Waals surface area contributed by atoms with Gasteiger partial charge < -0.3 is 5.11 Å². The van der Waals surface area contributed by atoms with Crippen LogP contribution < -0.4 is 0 Å². The van der Waals surface area contributed by atoms with Crippen LogP contribution in [-0.4, -0.2) is 11.2 Å². The van der Waals surface area contributed by atoms with Crippen LogP contribution in [0.15, 0.2) is 72.9 Å². The number of aliphatic hydroxyl groups excluding tert-OH is 1. The fourth-order valence-electron chi connectivity index (χ4n) is 4.32. The van der Waals surface area contributed by atoms with Gasteiger partial charge in [0.15, 0.2) is 0 Å². The van der Waals surface area contributed by atoms with Gasteiger partial charge in [-0.05, 0) is 77.0 Å². The van der Waals surface area contributed by atoms with Crippen molar-refractivity contribution in [3.05, 3.63) is 72.9 Å². The number of hydrogen-bond donors (Lipinski definition) is 1. The number of hydrogen-bond acceptors (Lipinski definition) is 1. The summed E-state index contributed by atoms with van der Waals surface area (Å²) in [4.78, 5) is 0. The molecule has 0 rings (SSSR count). The summed E-state index contributed by atoms with van der Waals surface area (Å²) in [6.45, 7) is 4.35. The molecule has 0 amide bonds. The second-order valence-corrected chi connectivity index (χ2v) is 10.3. The molecule has 1 atom stereocenters. The molecule has 0 aliphatic rings. The van der Waals surface area contributed by atoms with Crippen molar-refractivity contribution in [1.82, 2.24) is 0 Å². The molecule has 0 bridgehead atoms. The van der Waals surface area contributed by atoms with Crippen LogP contribution in [0.1, 0.15) is 149 Å². The van der Waals surface area contributed by atoms with E-state index >= 15 is 0 Å². The second kappa shape index (κ2) is 32.4. The van der Waals surface area contributed by atoms with E-state index in [1.807, 2.05) is 0 Å². The van der Waals surface area contributed by atoms with E-state index in [0.29, 0.717) is 0 Å². The zero-order valence-electron chi connectivity index (χ0n) is 24.8. The SMILES string of the molecule is CC/C=C\C/C=C\C/C=C\CCCCCCCCC(O)CCCCCCC/C=C\C/C=C\C/C=C\CC. The maximum Gasteiger partial charge on any atom is 0.0540 e. The minimum absolute atomic E-state index is 0.0738. The highest BCUT2D eigenvalue weighted by atomic mass is 16.3. The van der Waals surface area contributed by atoms with Crippen molar-refractivity contribution in [2.75, 3.05) is 0 Å². The van der Waals surface area contributed by atoms with Gasteiger partial charge in [-0.25, -0.2) is 0 Å². The Morgan fingerprint density at radius 1 is 0.378 bits per heavy atom. The molecular weight excluding hydrogens is 448 g/mol. The largest absolute Gasteiger partial charge is 0.393 e. The quantitative estimate of drug-likeness (QED) is 0.0860. The molecule has 0 fully saturated rings. The minimum Gasteiger partial charge on any atom is -0.393 e. The summed E-state index contributed by atoms with van der Waals surface area (Å²) in [6.07, 6.45) is 52.3. The van der Waals surface area contributed by atoms with Crippen molar-refractivity contribution in [2.45, 2.75) is 155 Å². The maximum absolute atomic E-state index is 10.2. The summed E-state index contributed by atoms with van der Waals surface area (Å²) in [5.41, 5.74) is 0. The third kappa shape index (κ3) is 32.4. The molecule has 37 heavy (non-hydrogen) atoms. The molecule has 1 N–H and O–H groups in total. The van der Waals surface area contributed by atoms with Gasteiger partial charge in [-0.15, -0.1) is 0 Å². The average molecular weight is 511 g/mol. The average Bonchev–Trinajstić information content (AvgIpc) is 2.90. The Morgan fingerprint density at radius 2 is 0.676 bits per heavy atom. The van der Waals surface area contributed by atoms with E-state index < -0.39 is 0 Å². The van der Waals surface area contributed by atoms with Gasteiger partial charge in [0.05, 0.1) is 6.10 Å². The molecule has 0 heterocycles. The Kier molecular flexibility index (Phi) is 31.0. The highest BCUT2D eigenvalue weighted by molar-refractivity contribution is 4.97. The summed E-state index contributed by atoms with van der Waals surface area (Å²) < 4.78 is 0. The van der Waals surface area contributed by atoms with Crippen molar-refractivity contribution < 1.29 is 5.11 Å². The number of unbranched alkanes of at least 4 members (excludes halogenated alkanes) is 11. The van der Waals surface area contributed by atoms with E-state index in [1.165, 1.54) is 83.5 Å². The molecule has 0 aliphatic carbocycles. The van der Waals surface area contributed by atoms with E-state index in [9.17, 15) is 5.11 Å². The lowest BCUT2D eigenvalue weighted by Crippen LogP contribution is -2.05. The highest BCUT2D eigenvalue weighted by Gasteiger charge is 2.03. The molecule has 1 nitrogen and oxygen atoms in total. The molecule has 0 spiro atoms. The zero-order chi connectivity index (χ0) is 26.9. The van der Waals surface area contributed by atoms with E-state index in [2.05, 4.69) is 86.8 Å². The van der Waals surface area contributed by atoms with Crippen molar-refractivity contribution in [1.29, 1.82) is 0 Å². The third-order valence-electron chi connectivity index (χ3n) is 6.63. The van der Waals surface area contributed by atoms with Gasteiger partial charge in [0.1, 0.15) is 0 Å². The van der Waals surface area contributed by atoms with Crippen molar-refractivity contribution in [3.63, 3.8) is 0 Å². The van der Waals surface area contributed by atoms with Gasteiger partial charge in [0, 0.05) is 0 Å². The Morgan fingerprint density at radius 3 is 1.05 bits per heavy atom. The lowest BCUT2D eigenvalue weighted by molar-refractivity contribution is 0.147. The van der Waals surface area contributed by atoms with Crippen LogP contribution in [0.25, 0.3) is 0 Å². The van der Waals surface area contributed by atoms with Crippen molar-refractivity contribution in [2.24, 2.45) is 0 Å². The molecule has 1 heteroatoms. The first kappa shape index (κ1) is 35.4. The number of rotatable bonds is 27. The lowest BCUT2D eigenvalue weighted by atomic mass is 10.0. The topological polar surface area (TPSA) is 20.2 Å². The summed E-state index contributed by atoms with van der Waals surface area (Å²) in [5.74, 6) is 0. The van der Waals surface area contributed by atoms with E-state index in [1.54, 1.807) is 0 Å². The molecule has 0 aliphatic heterocycles. The third-order valence-corrected chi connectivity index (χ3v) is 6.63. The smallest absolute Gasteiger partial charge is 0.0540 e.